The van der Waals surface area contributed by atoms with Crippen molar-refractivity contribution in [3.05, 3.63) is 47.5 Å². The van der Waals surface area contributed by atoms with E-state index in [0.717, 1.165) is 24.1 Å². The van der Waals surface area contributed by atoms with Crippen molar-refractivity contribution in [3.8, 4) is 5.69 Å². The van der Waals surface area contributed by atoms with Crippen LogP contribution in [0.4, 0.5) is 4.39 Å². The van der Waals surface area contributed by atoms with E-state index >= 15 is 0 Å². The van der Waals surface area contributed by atoms with E-state index in [1.165, 1.54) is 12.1 Å². The fraction of sp³-hybridized carbons (Fsp3) is 0.308. The van der Waals surface area contributed by atoms with Gasteiger partial charge in [0.1, 0.15) is 5.82 Å². The van der Waals surface area contributed by atoms with Gasteiger partial charge in [-0.15, -0.1) is 0 Å². The first-order valence-electron chi connectivity index (χ1n) is 5.68. The summed E-state index contributed by atoms with van der Waals surface area (Å²) >= 11 is 0. The van der Waals surface area contributed by atoms with Gasteiger partial charge in [0.25, 0.3) is 0 Å². The van der Waals surface area contributed by atoms with Crippen LogP contribution in [-0.2, 0) is 13.0 Å². The van der Waals surface area contributed by atoms with Crippen LogP contribution >= 0.6 is 0 Å². The Morgan fingerprint density at radius 2 is 2.24 bits per heavy atom. The molecule has 0 aliphatic heterocycles. The molecule has 1 aromatic heterocycles. The number of hydrogen-bond acceptors (Lipinski definition) is 2. The SMILES string of the molecule is CCCc1c(CO)cnn1-c1cccc(F)c1. The number of benzene rings is 1. The average molecular weight is 234 g/mol. The first kappa shape index (κ1) is 11.8. The summed E-state index contributed by atoms with van der Waals surface area (Å²) in [5.74, 6) is -0.286. The molecule has 0 unspecified atom stereocenters. The van der Waals surface area contributed by atoms with Gasteiger partial charge in [0.05, 0.1) is 18.5 Å². The Morgan fingerprint density at radius 3 is 2.88 bits per heavy atom. The molecule has 0 spiro atoms. The molecule has 4 heteroatoms. The Hall–Kier alpha value is -1.68. The molecule has 17 heavy (non-hydrogen) atoms. The standard InChI is InChI=1S/C13H15FN2O/c1-2-4-13-10(9-17)8-15-16(13)12-6-3-5-11(14)7-12/h3,5-8,17H,2,4,9H2,1H3. The molecule has 3 nitrogen and oxygen atoms in total. The third-order valence-electron chi connectivity index (χ3n) is 2.67. The highest BCUT2D eigenvalue weighted by molar-refractivity contribution is 5.35. The largest absolute Gasteiger partial charge is 0.392 e. The number of rotatable bonds is 4. The van der Waals surface area contributed by atoms with E-state index < -0.39 is 0 Å². The molecule has 90 valence electrons. The van der Waals surface area contributed by atoms with Crippen molar-refractivity contribution in [2.75, 3.05) is 0 Å². The first-order valence-corrected chi connectivity index (χ1v) is 5.68. The van der Waals surface area contributed by atoms with Gasteiger partial charge in [-0.05, 0) is 24.6 Å². The molecule has 1 heterocycles. The van der Waals surface area contributed by atoms with Crippen molar-refractivity contribution in [1.29, 1.82) is 0 Å². The highest BCUT2D eigenvalue weighted by Gasteiger charge is 2.10. The van der Waals surface area contributed by atoms with Crippen molar-refractivity contribution in [2.45, 2.75) is 26.4 Å². The maximum atomic E-state index is 13.2. The van der Waals surface area contributed by atoms with E-state index in [2.05, 4.69) is 12.0 Å². The topological polar surface area (TPSA) is 38.1 Å². The van der Waals surface area contributed by atoms with Gasteiger partial charge in [0, 0.05) is 11.3 Å². The van der Waals surface area contributed by atoms with Crippen molar-refractivity contribution in [1.82, 2.24) is 9.78 Å². The number of hydrogen-bond donors (Lipinski definition) is 1. The minimum absolute atomic E-state index is 0.0371. The third-order valence-corrected chi connectivity index (χ3v) is 2.67. The maximum Gasteiger partial charge on any atom is 0.125 e. The van der Waals surface area contributed by atoms with Crippen LogP contribution in [-0.4, -0.2) is 14.9 Å². The van der Waals surface area contributed by atoms with Crippen molar-refractivity contribution in [3.63, 3.8) is 0 Å². The zero-order valence-corrected chi connectivity index (χ0v) is 9.73. The predicted octanol–water partition coefficient (Wildman–Crippen LogP) is 2.46. The van der Waals surface area contributed by atoms with Crippen LogP contribution in [0.1, 0.15) is 24.6 Å². The van der Waals surface area contributed by atoms with Crippen molar-refractivity contribution >= 4 is 0 Å². The molecule has 0 aliphatic carbocycles. The van der Waals surface area contributed by atoms with Crippen LogP contribution in [0, 0.1) is 5.82 Å². The molecule has 0 amide bonds. The summed E-state index contributed by atoms with van der Waals surface area (Å²) < 4.78 is 14.9. The fourth-order valence-corrected chi connectivity index (χ4v) is 1.87. The lowest BCUT2D eigenvalue weighted by molar-refractivity contribution is 0.280. The molecule has 1 N–H and O–H groups in total. The van der Waals surface area contributed by atoms with Gasteiger partial charge in [0.15, 0.2) is 0 Å². The smallest absolute Gasteiger partial charge is 0.125 e. The number of halogens is 1. The van der Waals surface area contributed by atoms with Gasteiger partial charge in [-0.2, -0.15) is 5.10 Å². The highest BCUT2D eigenvalue weighted by Crippen LogP contribution is 2.17. The molecule has 1 aromatic carbocycles. The molecule has 0 saturated heterocycles. The van der Waals surface area contributed by atoms with E-state index in [-0.39, 0.29) is 12.4 Å². The van der Waals surface area contributed by atoms with Crippen LogP contribution in [0.3, 0.4) is 0 Å². The van der Waals surface area contributed by atoms with Gasteiger partial charge >= 0.3 is 0 Å². The summed E-state index contributed by atoms with van der Waals surface area (Å²) in [5, 5.41) is 13.4. The fourth-order valence-electron chi connectivity index (χ4n) is 1.87. The molecular formula is C13H15FN2O. The molecular weight excluding hydrogens is 219 g/mol. The number of aliphatic hydroxyl groups is 1. The Labute approximate surface area is 99.5 Å². The van der Waals surface area contributed by atoms with Crippen molar-refractivity contribution < 1.29 is 9.50 Å². The lowest BCUT2D eigenvalue weighted by Crippen LogP contribution is -2.04. The summed E-state index contributed by atoms with van der Waals surface area (Å²) in [6.07, 6.45) is 3.40. The minimum atomic E-state index is -0.286. The molecule has 0 radical (unpaired) electrons. The summed E-state index contributed by atoms with van der Waals surface area (Å²) in [5.41, 5.74) is 2.44. The summed E-state index contributed by atoms with van der Waals surface area (Å²) in [6.45, 7) is 2.02. The zero-order valence-electron chi connectivity index (χ0n) is 9.73. The zero-order chi connectivity index (χ0) is 12.3. The Kier molecular flexibility index (Phi) is 3.54. The summed E-state index contributed by atoms with van der Waals surface area (Å²) in [4.78, 5) is 0. The van der Waals surface area contributed by atoms with Gasteiger partial charge in [-0.25, -0.2) is 9.07 Å². The van der Waals surface area contributed by atoms with E-state index in [9.17, 15) is 9.50 Å². The van der Waals surface area contributed by atoms with Crippen molar-refractivity contribution in [2.24, 2.45) is 0 Å². The second-order valence-corrected chi connectivity index (χ2v) is 3.92. The highest BCUT2D eigenvalue weighted by atomic mass is 19.1. The van der Waals surface area contributed by atoms with E-state index in [4.69, 9.17) is 0 Å². The van der Waals surface area contributed by atoms with Gasteiger partial charge < -0.3 is 5.11 Å². The summed E-state index contributed by atoms with van der Waals surface area (Å²) in [7, 11) is 0. The van der Waals surface area contributed by atoms with Gasteiger partial charge in [-0.1, -0.05) is 19.4 Å². The minimum Gasteiger partial charge on any atom is -0.392 e. The van der Waals surface area contributed by atoms with E-state index in [1.54, 1.807) is 23.0 Å². The van der Waals surface area contributed by atoms with Gasteiger partial charge in [-0.3, -0.25) is 0 Å². The van der Waals surface area contributed by atoms with Crippen LogP contribution < -0.4 is 0 Å². The normalized spacial score (nSPS) is 10.8. The van der Waals surface area contributed by atoms with E-state index in [1.807, 2.05) is 0 Å². The average Bonchev–Trinajstić information content (AvgIpc) is 2.72. The predicted molar refractivity (Wildman–Crippen MR) is 63.4 cm³/mol. The third kappa shape index (κ3) is 2.36. The van der Waals surface area contributed by atoms with Gasteiger partial charge in [0.2, 0.25) is 0 Å². The molecule has 0 aliphatic rings. The Morgan fingerprint density at radius 1 is 1.41 bits per heavy atom. The second kappa shape index (κ2) is 5.10. The Balaban J connectivity index is 2.47. The lowest BCUT2D eigenvalue weighted by atomic mass is 10.1. The van der Waals surface area contributed by atoms with Crippen LogP contribution in [0.15, 0.2) is 30.5 Å². The number of aromatic nitrogens is 2. The Bertz CT molecular complexity index is 508. The monoisotopic (exact) mass is 234 g/mol. The maximum absolute atomic E-state index is 13.2. The molecule has 0 bridgehead atoms. The lowest BCUT2D eigenvalue weighted by Gasteiger charge is -2.08. The van der Waals surface area contributed by atoms with E-state index in [0.29, 0.717) is 5.69 Å². The second-order valence-electron chi connectivity index (χ2n) is 3.92. The van der Waals surface area contributed by atoms with Crippen LogP contribution in [0.2, 0.25) is 0 Å². The molecule has 0 fully saturated rings. The molecule has 2 rings (SSSR count). The summed E-state index contributed by atoms with van der Waals surface area (Å²) in [6, 6.07) is 6.30. The molecule has 2 aromatic rings. The first-order chi connectivity index (χ1) is 8.26. The quantitative estimate of drug-likeness (QED) is 0.882. The molecule has 0 atom stereocenters. The number of aliphatic hydroxyl groups excluding tert-OH is 1. The van der Waals surface area contributed by atoms with Crippen LogP contribution in [0.5, 0.6) is 0 Å². The number of nitrogens with zero attached hydrogens (tertiary/aromatic N) is 2. The van der Waals surface area contributed by atoms with Crippen LogP contribution in [0.25, 0.3) is 5.69 Å². The molecule has 0 saturated carbocycles.